The fraction of sp³-hybridized carbons (Fsp3) is 0.158. The van der Waals surface area contributed by atoms with Crippen molar-refractivity contribution in [3.05, 3.63) is 83.4 Å². The van der Waals surface area contributed by atoms with Crippen LogP contribution in [0, 0.1) is 5.82 Å². The molecule has 0 bridgehead atoms. The average Bonchev–Trinajstić information content (AvgIpc) is 2.92. The van der Waals surface area contributed by atoms with Gasteiger partial charge >= 0.3 is 0 Å². The summed E-state index contributed by atoms with van der Waals surface area (Å²) in [4.78, 5) is 0. The van der Waals surface area contributed by atoms with Gasteiger partial charge in [-0.1, -0.05) is 67.6 Å². The van der Waals surface area contributed by atoms with Crippen molar-refractivity contribution in [3.8, 4) is 11.3 Å². The van der Waals surface area contributed by atoms with E-state index in [0.717, 1.165) is 5.56 Å². The molecule has 2 aromatic carbocycles. The average molecular weight is 296 g/mol. The van der Waals surface area contributed by atoms with Crippen LogP contribution in [0.15, 0.2) is 65.1 Å². The number of aliphatic hydroxyl groups is 1. The molecule has 112 valence electrons. The fourth-order valence-electron chi connectivity index (χ4n) is 2.55. The minimum Gasteiger partial charge on any atom is -0.458 e. The van der Waals surface area contributed by atoms with Crippen molar-refractivity contribution >= 4 is 0 Å². The number of hydrogen-bond acceptors (Lipinski definition) is 2. The Morgan fingerprint density at radius 1 is 1.00 bits per heavy atom. The van der Waals surface area contributed by atoms with Crippen LogP contribution in [-0.2, 0) is 6.42 Å². The number of halogens is 1. The lowest BCUT2D eigenvalue weighted by molar-refractivity contribution is 0.215. The number of benzene rings is 2. The molecule has 0 amide bonds. The van der Waals surface area contributed by atoms with E-state index in [1.54, 1.807) is 12.1 Å². The molecule has 0 radical (unpaired) electrons. The molecule has 3 aromatic rings. The van der Waals surface area contributed by atoms with Crippen LogP contribution >= 0.6 is 0 Å². The van der Waals surface area contributed by atoms with Gasteiger partial charge < -0.3 is 9.52 Å². The molecule has 3 rings (SSSR count). The normalized spacial score (nSPS) is 12.3. The first-order valence-electron chi connectivity index (χ1n) is 7.31. The number of aryl methyl sites for hydroxylation is 1. The highest BCUT2D eigenvalue weighted by Crippen LogP contribution is 2.37. The van der Waals surface area contributed by atoms with E-state index in [2.05, 4.69) is 0 Å². The number of hydrogen-bond donors (Lipinski definition) is 1. The predicted molar refractivity (Wildman–Crippen MR) is 84.0 cm³/mol. The molecule has 22 heavy (non-hydrogen) atoms. The molecule has 0 aliphatic heterocycles. The van der Waals surface area contributed by atoms with E-state index in [4.69, 9.17) is 4.42 Å². The van der Waals surface area contributed by atoms with Gasteiger partial charge in [-0.3, -0.25) is 0 Å². The van der Waals surface area contributed by atoms with E-state index in [9.17, 15) is 9.50 Å². The first kappa shape index (κ1) is 14.5. The van der Waals surface area contributed by atoms with Gasteiger partial charge in [-0.2, -0.15) is 0 Å². The Kier molecular flexibility index (Phi) is 4.07. The summed E-state index contributed by atoms with van der Waals surface area (Å²) in [6.45, 7) is 1.83. The van der Waals surface area contributed by atoms with E-state index < -0.39 is 11.9 Å². The predicted octanol–water partition coefficient (Wildman–Crippen LogP) is 4.73. The monoisotopic (exact) mass is 296 g/mol. The molecule has 0 saturated heterocycles. The summed E-state index contributed by atoms with van der Waals surface area (Å²) in [5.41, 5.74) is 1.60. The minimum atomic E-state index is -1.06. The Bertz CT molecular complexity index is 748. The van der Waals surface area contributed by atoms with Gasteiger partial charge in [-0.25, -0.2) is 4.39 Å². The Morgan fingerprint density at radius 2 is 1.59 bits per heavy atom. The lowest BCUT2D eigenvalue weighted by atomic mass is 9.98. The second-order valence-electron chi connectivity index (χ2n) is 5.11. The zero-order valence-electron chi connectivity index (χ0n) is 12.3. The number of aliphatic hydroxyl groups excluding tert-OH is 1. The molecule has 1 heterocycles. The van der Waals surface area contributed by atoms with E-state index in [-0.39, 0.29) is 11.3 Å². The molecule has 0 aliphatic carbocycles. The first-order chi connectivity index (χ1) is 10.7. The SMILES string of the molecule is CCc1oc(-c2ccccc2)c(C(O)c2ccccc2)c1F. The van der Waals surface area contributed by atoms with Crippen molar-refractivity contribution < 1.29 is 13.9 Å². The highest BCUT2D eigenvalue weighted by atomic mass is 19.1. The van der Waals surface area contributed by atoms with Crippen LogP contribution in [0.2, 0.25) is 0 Å². The van der Waals surface area contributed by atoms with Gasteiger partial charge in [0.05, 0.1) is 5.56 Å². The minimum absolute atomic E-state index is 0.203. The summed E-state index contributed by atoms with van der Waals surface area (Å²) in [6, 6.07) is 18.3. The highest BCUT2D eigenvalue weighted by molar-refractivity contribution is 5.63. The maximum Gasteiger partial charge on any atom is 0.171 e. The van der Waals surface area contributed by atoms with Gasteiger partial charge in [0, 0.05) is 12.0 Å². The Balaban J connectivity index is 2.16. The molecule has 0 fully saturated rings. The summed E-state index contributed by atoms with van der Waals surface area (Å²) in [6.07, 6.45) is -0.617. The fourth-order valence-corrected chi connectivity index (χ4v) is 2.55. The van der Waals surface area contributed by atoms with Crippen LogP contribution < -0.4 is 0 Å². The van der Waals surface area contributed by atoms with Gasteiger partial charge in [0.25, 0.3) is 0 Å². The smallest absolute Gasteiger partial charge is 0.171 e. The topological polar surface area (TPSA) is 33.4 Å². The van der Waals surface area contributed by atoms with Gasteiger partial charge in [-0.05, 0) is 5.56 Å². The van der Waals surface area contributed by atoms with Crippen LogP contribution in [0.5, 0.6) is 0 Å². The molecule has 0 saturated carbocycles. The van der Waals surface area contributed by atoms with Crippen molar-refractivity contribution in [1.29, 1.82) is 0 Å². The van der Waals surface area contributed by atoms with Crippen LogP contribution in [0.4, 0.5) is 4.39 Å². The summed E-state index contributed by atoms with van der Waals surface area (Å²) < 4.78 is 20.3. The van der Waals surface area contributed by atoms with E-state index in [1.807, 2.05) is 55.5 Å². The number of furan rings is 1. The molecule has 1 atom stereocenters. The van der Waals surface area contributed by atoms with Crippen LogP contribution in [0.1, 0.15) is 29.9 Å². The van der Waals surface area contributed by atoms with E-state index >= 15 is 0 Å². The largest absolute Gasteiger partial charge is 0.458 e. The van der Waals surface area contributed by atoms with Crippen molar-refractivity contribution in [1.82, 2.24) is 0 Å². The lowest BCUT2D eigenvalue weighted by Gasteiger charge is -2.11. The molecule has 2 nitrogen and oxygen atoms in total. The molecular formula is C19H17FO2. The van der Waals surface area contributed by atoms with Crippen molar-refractivity contribution in [2.75, 3.05) is 0 Å². The zero-order valence-corrected chi connectivity index (χ0v) is 12.3. The molecule has 1 N–H and O–H groups in total. The Labute approximate surface area is 128 Å². The van der Waals surface area contributed by atoms with Crippen LogP contribution in [0.25, 0.3) is 11.3 Å². The van der Waals surface area contributed by atoms with Crippen molar-refractivity contribution in [3.63, 3.8) is 0 Å². The second kappa shape index (κ2) is 6.16. The highest BCUT2D eigenvalue weighted by Gasteiger charge is 2.27. The first-order valence-corrected chi connectivity index (χ1v) is 7.31. The molecule has 1 unspecified atom stereocenters. The third-order valence-electron chi connectivity index (χ3n) is 3.70. The molecule has 0 aliphatic rings. The van der Waals surface area contributed by atoms with Crippen LogP contribution in [0.3, 0.4) is 0 Å². The van der Waals surface area contributed by atoms with Gasteiger partial charge in [-0.15, -0.1) is 0 Å². The molecular weight excluding hydrogens is 279 g/mol. The summed E-state index contributed by atoms with van der Waals surface area (Å²) in [7, 11) is 0. The third kappa shape index (κ3) is 2.55. The second-order valence-corrected chi connectivity index (χ2v) is 5.11. The Morgan fingerprint density at radius 3 is 2.18 bits per heavy atom. The quantitative estimate of drug-likeness (QED) is 0.755. The van der Waals surface area contributed by atoms with Crippen molar-refractivity contribution in [2.24, 2.45) is 0 Å². The van der Waals surface area contributed by atoms with E-state index in [1.165, 1.54) is 0 Å². The number of rotatable bonds is 4. The van der Waals surface area contributed by atoms with Crippen molar-refractivity contribution in [2.45, 2.75) is 19.4 Å². The van der Waals surface area contributed by atoms with E-state index in [0.29, 0.717) is 17.7 Å². The molecule has 1 aromatic heterocycles. The van der Waals surface area contributed by atoms with Gasteiger partial charge in [0.2, 0.25) is 0 Å². The lowest BCUT2D eigenvalue weighted by Crippen LogP contribution is -2.02. The molecule has 0 spiro atoms. The summed E-state index contributed by atoms with van der Waals surface area (Å²) >= 11 is 0. The standard InChI is InChI=1S/C19H17FO2/c1-2-15-17(20)16(18(21)13-9-5-3-6-10-13)19(22-15)14-11-7-4-8-12-14/h3-12,18,21H,2H2,1H3. The molecule has 3 heteroatoms. The zero-order chi connectivity index (χ0) is 15.5. The third-order valence-corrected chi connectivity index (χ3v) is 3.70. The van der Waals surface area contributed by atoms with Crippen LogP contribution in [-0.4, -0.2) is 5.11 Å². The summed E-state index contributed by atoms with van der Waals surface area (Å²) in [5, 5.41) is 10.6. The maximum absolute atomic E-state index is 14.7. The van der Waals surface area contributed by atoms with Gasteiger partial charge in [0.1, 0.15) is 17.6 Å². The Hall–Kier alpha value is -2.39. The maximum atomic E-state index is 14.7. The van der Waals surface area contributed by atoms with Gasteiger partial charge in [0.15, 0.2) is 5.82 Å². The summed E-state index contributed by atoms with van der Waals surface area (Å²) in [5.74, 6) is 0.202.